The van der Waals surface area contributed by atoms with E-state index in [1.54, 1.807) is 12.3 Å². The van der Waals surface area contributed by atoms with Gasteiger partial charge in [-0.1, -0.05) is 0 Å². The van der Waals surface area contributed by atoms with Gasteiger partial charge in [-0.25, -0.2) is 4.79 Å². The van der Waals surface area contributed by atoms with Crippen molar-refractivity contribution < 1.29 is 14.3 Å². The second-order valence-corrected chi connectivity index (χ2v) is 2.51. The number of carbonyl (C=O) groups excluding carboxylic acids is 1. The maximum absolute atomic E-state index is 10.7. The lowest BCUT2D eigenvalue weighted by atomic mass is 10.1. The minimum absolute atomic E-state index is 0.0223. The van der Waals surface area contributed by atoms with E-state index >= 15 is 0 Å². The van der Waals surface area contributed by atoms with Gasteiger partial charge in [0.1, 0.15) is 6.10 Å². The summed E-state index contributed by atoms with van der Waals surface area (Å²) < 4.78 is 9.64. The predicted octanol–water partition coefficient (Wildman–Crippen LogP) is 1.41. The van der Waals surface area contributed by atoms with Crippen molar-refractivity contribution in [2.45, 2.75) is 18.9 Å². The van der Waals surface area contributed by atoms with Crippen LogP contribution in [0.25, 0.3) is 0 Å². The van der Waals surface area contributed by atoms with Crippen molar-refractivity contribution >= 4 is 5.97 Å². The fraction of sp³-hybridized carbons (Fsp3) is 0.444. The molecular formula is C9H12O3. The molecule has 1 aliphatic heterocycles. The van der Waals surface area contributed by atoms with E-state index in [4.69, 9.17) is 4.74 Å². The Bertz CT molecular complexity index is 206. The minimum atomic E-state index is -0.340. The Kier molecular flexibility index (Phi) is 3.38. The Morgan fingerprint density at radius 1 is 1.75 bits per heavy atom. The van der Waals surface area contributed by atoms with Crippen LogP contribution in [0.2, 0.25) is 0 Å². The molecule has 3 nitrogen and oxygen atoms in total. The van der Waals surface area contributed by atoms with Gasteiger partial charge in [-0.05, 0) is 25.0 Å². The van der Waals surface area contributed by atoms with E-state index in [1.165, 1.54) is 13.2 Å². The SMILES string of the molecule is COC(=O)/C=C/C1CCC=CO1. The van der Waals surface area contributed by atoms with Crippen LogP contribution >= 0.6 is 0 Å². The molecule has 0 N–H and O–H groups in total. The number of carbonyl (C=O) groups is 1. The van der Waals surface area contributed by atoms with Crippen molar-refractivity contribution in [3.63, 3.8) is 0 Å². The molecule has 3 heteroatoms. The molecule has 0 aromatic carbocycles. The molecule has 66 valence electrons. The summed E-state index contributed by atoms with van der Waals surface area (Å²) in [5.41, 5.74) is 0. The van der Waals surface area contributed by atoms with E-state index < -0.39 is 0 Å². The molecule has 0 saturated heterocycles. The fourth-order valence-corrected chi connectivity index (χ4v) is 0.949. The normalized spacial score (nSPS) is 22.2. The summed E-state index contributed by atoms with van der Waals surface area (Å²) in [6, 6.07) is 0. The van der Waals surface area contributed by atoms with Crippen LogP contribution in [0.15, 0.2) is 24.5 Å². The Labute approximate surface area is 71.7 Å². The van der Waals surface area contributed by atoms with Gasteiger partial charge in [0.2, 0.25) is 0 Å². The highest BCUT2D eigenvalue weighted by Gasteiger charge is 2.06. The lowest BCUT2D eigenvalue weighted by molar-refractivity contribution is -0.134. The van der Waals surface area contributed by atoms with Crippen LogP contribution in [0.5, 0.6) is 0 Å². The quantitative estimate of drug-likeness (QED) is 0.462. The zero-order valence-corrected chi connectivity index (χ0v) is 7.03. The van der Waals surface area contributed by atoms with Gasteiger partial charge in [0.05, 0.1) is 13.4 Å². The van der Waals surface area contributed by atoms with Gasteiger partial charge < -0.3 is 9.47 Å². The highest BCUT2D eigenvalue weighted by Crippen LogP contribution is 2.10. The largest absolute Gasteiger partial charge is 0.494 e. The van der Waals surface area contributed by atoms with E-state index in [0.29, 0.717) is 0 Å². The molecular weight excluding hydrogens is 156 g/mol. The average Bonchev–Trinajstić information content (AvgIpc) is 2.16. The van der Waals surface area contributed by atoms with Crippen LogP contribution in [-0.2, 0) is 14.3 Å². The number of ether oxygens (including phenoxy) is 2. The first-order chi connectivity index (χ1) is 5.83. The van der Waals surface area contributed by atoms with Crippen LogP contribution in [0.3, 0.4) is 0 Å². The zero-order valence-electron chi connectivity index (χ0n) is 7.03. The lowest BCUT2D eigenvalue weighted by Crippen LogP contribution is -2.09. The van der Waals surface area contributed by atoms with Gasteiger partial charge in [0, 0.05) is 6.08 Å². The van der Waals surface area contributed by atoms with Crippen LogP contribution in [0.4, 0.5) is 0 Å². The van der Waals surface area contributed by atoms with Crippen LogP contribution in [0.1, 0.15) is 12.8 Å². The Balaban J connectivity index is 2.34. The number of esters is 1. The molecule has 0 spiro atoms. The first kappa shape index (κ1) is 8.84. The van der Waals surface area contributed by atoms with Crippen molar-refractivity contribution in [2.24, 2.45) is 0 Å². The third kappa shape index (κ3) is 2.78. The van der Waals surface area contributed by atoms with Gasteiger partial charge in [-0.2, -0.15) is 0 Å². The summed E-state index contributed by atoms with van der Waals surface area (Å²) >= 11 is 0. The Hall–Kier alpha value is -1.25. The first-order valence-electron chi connectivity index (χ1n) is 3.89. The topological polar surface area (TPSA) is 35.5 Å². The molecule has 1 rings (SSSR count). The Morgan fingerprint density at radius 2 is 2.58 bits per heavy atom. The molecule has 0 bridgehead atoms. The lowest BCUT2D eigenvalue weighted by Gasteiger charge is -2.14. The highest BCUT2D eigenvalue weighted by atomic mass is 16.5. The van der Waals surface area contributed by atoms with Crippen LogP contribution in [0, 0.1) is 0 Å². The number of hydrogen-bond acceptors (Lipinski definition) is 3. The van der Waals surface area contributed by atoms with E-state index in [1.807, 2.05) is 6.08 Å². The Morgan fingerprint density at radius 3 is 3.17 bits per heavy atom. The minimum Gasteiger partial charge on any atom is -0.494 e. The van der Waals surface area contributed by atoms with Gasteiger partial charge in [0.15, 0.2) is 0 Å². The molecule has 1 aliphatic rings. The summed E-state index contributed by atoms with van der Waals surface area (Å²) in [4.78, 5) is 10.7. The zero-order chi connectivity index (χ0) is 8.81. The van der Waals surface area contributed by atoms with E-state index in [2.05, 4.69) is 4.74 Å². The predicted molar refractivity (Wildman–Crippen MR) is 44.4 cm³/mol. The standard InChI is InChI=1S/C9H12O3/c1-11-9(10)6-5-8-4-2-3-7-12-8/h3,5-8H,2,4H2,1H3/b6-5+. The third-order valence-corrected chi connectivity index (χ3v) is 1.62. The summed E-state index contributed by atoms with van der Waals surface area (Å²) in [5, 5.41) is 0. The van der Waals surface area contributed by atoms with E-state index in [-0.39, 0.29) is 12.1 Å². The number of rotatable bonds is 2. The highest BCUT2D eigenvalue weighted by molar-refractivity contribution is 5.81. The molecule has 0 aliphatic carbocycles. The van der Waals surface area contributed by atoms with E-state index in [9.17, 15) is 4.79 Å². The van der Waals surface area contributed by atoms with Crippen molar-refractivity contribution in [1.29, 1.82) is 0 Å². The second-order valence-electron chi connectivity index (χ2n) is 2.51. The molecule has 0 radical (unpaired) electrons. The van der Waals surface area contributed by atoms with E-state index in [0.717, 1.165) is 12.8 Å². The molecule has 0 saturated carbocycles. The van der Waals surface area contributed by atoms with Crippen molar-refractivity contribution in [3.05, 3.63) is 24.5 Å². The number of hydrogen-bond donors (Lipinski definition) is 0. The molecule has 1 unspecified atom stereocenters. The molecule has 1 heterocycles. The van der Waals surface area contributed by atoms with Crippen molar-refractivity contribution in [3.8, 4) is 0 Å². The average molecular weight is 168 g/mol. The van der Waals surface area contributed by atoms with Crippen LogP contribution < -0.4 is 0 Å². The smallest absolute Gasteiger partial charge is 0.330 e. The van der Waals surface area contributed by atoms with Gasteiger partial charge in [-0.15, -0.1) is 0 Å². The first-order valence-corrected chi connectivity index (χ1v) is 3.89. The summed E-state index contributed by atoms with van der Waals surface area (Å²) in [5.74, 6) is -0.340. The number of allylic oxidation sites excluding steroid dienone is 1. The van der Waals surface area contributed by atoms with Crippen molar-refractivity contribution in [2.75, 3.05) is 7.11 Å². The molecule has 0 aromatic rings. The summed E-state index contributed by atoms with van der Waals surface area (Å²) in [7, 11) is 1.36. The summed E-state index contributed by atoms with van der Waals surface area (Å²) in [6.07, 6.45) is 8.67. The molecule has 0 fully saturated rings. The maximum atomic E-state index is 10.7. The molecule has 0 amide bonds. The molecule has 0 aromatic heterocycles. The van der Waals surface area contributed by atoms with Gasteiger partial charge in [0.25, 0.3) is 0 Å². The maximum Gasteiger partial charge on any atom is 0.330 e. The molecule has 12 heavy (non-hydrogen) atoms. The monoisotopic (exact) mass is 168 g/mol. The fourth-order valence-electron chi connectivity index (χ4n) is 0.949. The second kappa shape index (κ2) is 4.59. The van der Waals surface area contributed by atoms with Gasteiger partial charge in [-0.3, -0.25) is 0 Å². The number of methoxy groups -OCH3 is 1. The van der Waals surface area contributed by atoms with Crippen molar-refractivity contribution in [1.82, 2.24) is 0 Å². The third-order valence-electron chi connectivity index (χ3n) is 1.62. The van der Waals surface area contributed by atoms with Crippen LogP contribution in [-0.4, -0.2) is 19.2 Å². The summed E-state index contributed by atoms with van der Waals surface area (Å²) in [6.45, 7) is 0. The van der Waals surface area contributed by atoms with Gasteiger partial charge >= 0.3 is 5.97 Å². The molecule has 1 atom stereocenters.